The molecule has 0 spiro atoms. The van der Waals surface area contributed by atoms with Crippen molar-refractivity contribution in [2.75, 3.05) is 6.61 Å². The third kappa shape index (κ3) is 1.69. The van der Waals surface area contributed by atoms with Crippen molar-refractivity contribution in [3.8, 4) is 6.07 Å². The first-order valence-electron chi connectivity index (χ1n) is 4.27. The molecule has 0 aromatic heterocycles. The van der Waals surface area contributed by atoms with Gasteiger partial charge in [0.1, 0.15) is 0 Å². The molecule has 2 rings (SSSR count). The van der Waals surface area contributed by atoms with Crippen LogP contribution in [0.2, 0.25) is 0 Å². The summed E-state index contributed by atoms with van der Waals surface area (Å²) in [7, 11) is 0. The van der Waals surface area contributed by atoms with Gasteiger partial charge in [-0.1, -0.05) is 12.1 Å². The lowest BCUT2D eigenvalue weighted by Crippen LogP contribution is -2.10. The third-order valence-electron chi connectivity index (χ3n) is 2.18. The molecule has 1 N–H and O–H groups in total. The van der Waals surface area contributed by atoms with Crippen LogP contribution in [-0.2, 0) is 4.84 Å². The van der Waals surface area contributed by atoms with Gasteiger partial charge in [0.25, 0.3) is 0 Å². The molecule has 0 amide bonds. The van der Waals surface area contributed by atoms with Gasteiger partial charge in [0.2, 0.25) is 0 Å². The second-order valence-electron chi connectivity index (χ2n) is 3.04. The summed E-state index contributed by atoms with van der Waals surface area (Å²) in [6, 6.07) is 9.96. The fourth-order valence-electron chi connectivity index (χ4n) is 1.42. The second-order valence-corrected chi connectivity index (χ2v) is 3.04. The molecule has 1 aromatic carbocycles. The van der Waals surface area contributed by atoms with Crippen LogP contribution in [0.1, 0.15) is 23.6 Å². The van der Waals surface area contributed by atoms with E-state index in [1.54, 1.807) is 0 Å². The summed E-state index contributed by atoms with van der Waals surface area (Å²) in [5, 5.41) is 8.60. The molecule has 1 atom stereocenters. The molecule has 1 saturated heterocycles. The van der Waals surface area contributed by atoms with E-state index < -0.39 is 0 Å². The molecule has 13 heavy (non-hydrogen) atoms. The second kappa shape index (κ2) is 3.56. The molecule has 66 valence electrons. The molecule has 3 nitrogen and oxygen atoms in total. The van der Waals surface area contributed by atoms with Crippen molar-refractivity contribution in [1.82, 2.24) is 5.48 Å². The fraction of sp³-hybridized carbons (Fsp3) is 0.300. The zero-order valence-corrected chi connectivity index (χ0v) is 7.16. The molecule has 0 unspecified atom stereocenters. The topological polar surface area (TPSA) is 45.0 Å². The van der Waals surface area contributed by atoms with Crippen molar-refractivity contribution in [2.24, 2.45) is 0 Å². The quantitative estimate of drug-likeness (QED) is 0.702. The maximum absolute atomic E-state index is 8.60. The average Bonchev–Trinajstić information content (AvgIpc) is 2.71. The van der Waals surface area contributed by atoms with E-state index in [0.29, 0.717) is 5.56 Å². The summed E-state index contributed by atoms with van der Waals surface area (Å²) in [5.41, 5.74) is 4.80. The van der Waals surface area contributed by atoms with E-state index in [0.717, 1.165) is 13.0 Å². The first-order valence-corrected chi connectivity index (χ1v) is 4.27. The summed E-state index contributed by atoms with van der Waals surface area (Å²) < 4.78 is 0. The molecule has 0 bridgehead atoms. The van der Waals surface area contributed by atoms with Crippen molar-refractivity contribution in [3.05, 3.63) is 35.4 Å². The van der Waals surface area contributed by atoms with Gasteiger partial charge in [-0.15, -0.1) is 0 Å². The minimum atomic E-state index is 0.285. The third-order valence-corrected chi connectivity index (χ3v) is 2.18. The highest BCUT2D eigenvalue weighted by Crippen LogP contribution is 2.20. The van der Waals surface area contributed by atoms with Crippen LogP contribution < -0.4 is 5.48 Å². The van der Waals surface area contributed by atoms with Crippen LogP contribution in [0.4, 0.5) is 0 Å². The predicted molar refractivity (Wildman–Crippen MR) is 47.6 cm³/mol. The lowest BCUT2D eigenvalue weighted by Gasteiger charge is -2.07. The van der Waals surface area contributed by atoms with Crippen LogP contribution in [0.25, 0.3) is 0 Å². The molecule has 0 radical (unpaired) electrons. The van der Waals surface area contributed by atoms with Crippen molar-refractivity contribution in [3.63, 3.8) is 0 Å². The average molecular weight is 174 g/mol. The highest BCUT2D eigenvalue weighted by Gasteiger charge is 2.16. The van der Waals surface area contributed by atoms with Gasteiger partial charge in [0, 0.05) is 0 Å². The van der Waals surface area contributed by atoms with Gasteiger partial charge >= 0.3 is 0 Å². The predicted octanol–water partition coefficient (Wildman–Crippen LogP) is 1.52. The largest absolute Gasteiger partial charge is 0.301 e. The minimum absolute atomic E-state index is 0.285. The Morgan fingerprint density at radius 2 is 2.15 bits per heavy atom. The van der Waals surface area contributed by atoms with Gasteiger partial charge < -0.3 is 4.84 Å². The van der Waals surface area contributed by atoms with E-state index in [1.165, 1.54) is 5.56 Å². The van der Waals surface area contributed by atoms with Crippen molar-refractivity contribution >= 4 is 0 Å². The zero-order valence-electron chi connectivity index (χ0n) is 7.16. The highest BCUT2D eigenvalue weighted by atomic mass is 16.7. The smallest absolute Gasteiger partial charge is 0.0991 e. The molecule has 0 aliphatic carbocycles. The number of hydrogen-bond donors (Lipinski definition) is 1. The van der Waals surface area contributed by atoms with Crippen LogP contribution in [-0.4, -0.2) is 6.61 Å². The summed E-state index contributed by atoms with van der Waals surface area (Å²) in [4.78, 5) is 5.05. The van der Waals surface area contributed by atoms with Crippen LogP contribution in [0.15, 0.2) is 24.3 Å². The molecule has 3 heteroatoms. The lowest BCUT2D eigenvalue weighted by atomic mass is 10.0. The number of nitrogens with one attached hydrogen (secondary N) is 1. The Bertz CT molecular complexity index is 320. The highest BCUT2D eigenvalue weighted by molar-refractivity contribution is 5.32. The van der Waals surface area contributed by atoms with Gasteiger partial charge in [-0.2, -0.15) is 10.7 Å². The van der Waals surface area contributed by atoms with Gasteiger partial charge in [-0.3, -0.25) is 0 Å². The Labute approximate surface area is 76.9 Å². The molecule has 1 aromatic rings. The Morgan fingerprint density at radius 1 is 1.38 bits per heavy atom. The number of rotatable bonds is 1. The Morgan fingerprint density at radius 3 is 2.69 bits per heavy atom. The Hall–Kier alpha value is -1.37. The first-order chi connectivity index (χ1) is 6.40. The van der Waals surface area contributed by atoms with Crippen LogP contribution in [0.5, 0.6) is 0 Å². The van der Waals surface area contributed by atoms with Crippen LogP contribution >= 0.6 is 0 Å². The van der Waals surface area contributed by atoms with Crippen LogP contribution in [0.3, 0.4) is 0 Å². The summed E-state index contributed by atoms with van der Waals surface area (Å²) in [6.07, 6.45) is 0.992. The molecule has 1 aliphatic rings. The van der Waals surface area contributed by atoms with Crippen molar-refractivity contribution < 1.29 is 4.84 Å². The SMILES string of the molecule is N#Cc1ccc([C@@H]2CCON2)cc1. The van der Waals surface area contributed by atoms with E-state index in [4.69, 9.17) is 10.1 Å². The van der Waals surface area contributed by atoms with E-state index >= 15 is 0 Å². The number of hydroxylamine groups is 1. The van der Waals surface area contributed by atoms with E-state index in [1.807, 2.05) is 24.3 Å². The van der Waals surface area contributed by atoms with Crippen molar-refractivity contribution in [1.29, 1.82) is 5.26 Å². The maximum atomic E-state index is 8.60. The molecule has 1 fully saturated rings. The summed E-state index contributed by atoms with van der Waals surface area (Å²) in [5.74, 6) is 0. The number of hydrogen-bond acceptors (Lipinski definition) is 3. The van der Waals surface area contributed by atoms with Gasteiger partial charge in [-0.25, -0.2) is 0 Å². The minimum Gasteiger partial charge on any atom is -0.301 e. The molecule has 0 saturated carbocycles. The fourth-order valence-corrected chi connectivity index (χ4v) is 1.42. The first kappa shape index (κ1) is 8.24. The number of benzene rings is 1. The molecular weight excluding hydrogens is 164 g/mol. The van der Waals surface area contributed by atoms with E-state index in [2.05, 4.69) is 11.5 Å². The molecule has 1 heterocycles. The van der Waals surface area contributed by atoms with Crippen LogP contribution in [0, 0.1) is 11.3 Å². The van der Waals surface area contributed by atoms with Crippen molar-refractivity contribution in [2.45, 2.75) is 12.5 Å². The normalized spacial score (nSPS) is 21.3. The van der Waals surface area contributed by atoms with Gasteiger partial charge in [0.05, 0.1) is 24.3 Å². The monoisotopic (exact) mass is 174 g/mol. The number of nitriles is 1. The zero-order chi connectivity index (χ0) is 9.10. The van der Waals surface area contributed by atoms with Gasteiger partial charge in [-0.05, 0) is 24.1 Å². The summed E-state index contributed by atoms with van der Waals surface area (Å²) >= 11 is 0. The van der Waals surface area contributed by atoms with E-state index in [-0.39, 0.29) is 6.04 Å². The summed E-state index contributed by atoms with van der Waals surface area (Å²) in [6.45, 7) is 0.755. The number of nitrogens with zero attached hydrogens (tertiary/aromatic N) is 1. The Kier molecular flexibility index (Phi) is 2.26. The molecular formula is C10H10N2O. The molecule has 1 aliphatic heterocycles. The maximum Gasteiger partial charge on any atom is 0.0991 e. The Balaban J connectivity index is 2.18. The van der Waals surface area contributed by atoms with Gasteiger partial charge in [0.15, 0.2) is 0 Å². The lowest BCUT2D eigenvalue weighted by molar-refractivity contribution is 0.0883. The van der Waals surface area contributed by atoms with E-state index in [9.17, 15) is 0 Å². The standard InChI is InChI=1S/C10H10N2O/c11-7-8-1-3-9(4-2-8)10-5-6-13-12-10/h1-4,10,12H,5-6H2/t10-/m0/s1.